The summed E-state index contributed by atoms with van der Waals surface area (Å²) in [7, 11) is 0. The highest BCUT2D eigenvalue weighted by Crippen LogP contribution is 2.11. The van der Waals surface area contributed by atoms with Crippen molar-refractivity contribution in [2.24, 2.45) is 5.34 Å². The molecule has 0 aliphatic carbocycles. The SMILES string of the molecule is CCN(CCON=O)c1ccccc1. The van der Waals surface area contributed by atoms with Crippen molar-refractivity contribution >= 4 is 5.69 Å². The van der Waals surface area contributed by atoms with Crippen LogP contribution in [0.3, 0.4) is 0 Å². The summed E-state index contributed by atoms with van der Waals surface area (Å²) in [5, 5.41) is 2.36. The molecule has 0 fully saturated rings. The molecule has 14 heavy (non-hydrogen) atoms. The number of benzene rings is 1. The normalized spacial score (nSPS) is 9.50. The molecule has 0 spiro atoms. The van der Waals surface area contributed by atoms with Crippen molar-refractivity contribution in [3.63, 3.8) is 0 Å². The molecule has 0 N–H and O–H groups in total. The third kappa shape index (κ3) is 3.05. The number of hydrogen-bond acceptors (Lipinski definition) is 4. The van der Waals surface area contributed by atoms with Crippen molar-refractivity contribution in [2.45, 2.75) is 6.92 Å². The molecule has 0 saturated carbocycles. The first-order chi connectivity index (χ1) is 6.88. The molecular weight excluding hydrogens is 180 g/mol. The van der Waals surface area contributed by atoms with Crippen LogP contribution in [0.2, 0.25) is 0 Å². The van der Waals surface area contributed by atoms with Gasteiger partial charge in [0.05, 0.1) is 6.54 Å². The second-order valence-electron chi connectivity index (χ2n) is 2.82. The Balaban J connectivity index is 2.50. The second-order valence-corrected chi connectivity index (χ2v) is 2.82. The van der Waals surface area contributed by atoms with Crippen molar-refractivity contribution in [3.05, 3.63) is 35.2 Å². The predicted octanol–water partition coefficient (Wildman–Crippen LogP) is 2.21. The molecule has 0 bridgehead atoms. The third-order valence-electron chi connectivity index (χ3n) is 2.01. The van der Waals surface area contributed by atoms with E-state index in [1.54, 1.807) is 0 Å². The van der Waals surface area contributed by atoms with Gasteiger partial charge in [-0.05, 0) is 19.1 Å². The highest BCUT2D eigenvalue weighted by Gasteiger charge is 2.02. The summed E-state index contributed by atoms with van der Waals surface area (Å²) in [6.45, 7) is 3.94. The first-order valence-corrected chi connectivity index (χ1v) is 4.63. The molecule has 0 atom stereocenters. The molecular formula is C10H14N2O2. The van der Waals surface area contributed by atoms with Gasteiger partial charge in [-0.15, -0.1) is 4.91 Å². The monoisotopic (exact) mass is 194 g/mol. The fourth-order valence-electron chi connectivity index (χ4n) is 1.30. The van der Waals surface area contributed by atoms with Gasteiger partial charge < -0.3 is 9.74 Å². The van der Waals surface area contributed by atoms with Crippen LogP contribution >= 0.6 is 0 Å². The number of nitrogens with zero attached hydrogens (tertiary/aromatic N) is 2. The molecule has 4 heteroatoms. The summed E-state index contributed by atoms with van der Waals surface area (Å²) in [4.78, 5) is 16.3. The molecule has 0 aliphatic heterocycles. The summed E-state index contributed by atoms with van der Waals surface area (Å²) in [6, 6.07) is 9.99. The van der Waals surface area contributed by atoms with Crippen LogP contribution in [-0.4, -0.2) is 19.7 Å². The zero-order valence-electron chi connectivity index (χ0n) is 8.22. The Kier molecular flexibility index (Phi) is 4.47. The van der Waals surface area contributed by atoms with E-state index in [9.17, 15) is 4.91 Å². The molecule has 4 nitrogen and oxygen atoms in total. The van der Waals surface area contributed by atoms with Crippen molar-refractivity contribution in [3.8, 4) is 0 Å². The predicted molar refractivity (Wildman–Crippen MR) is 56.1 cm³/mol. The van der Waals surface area contributed by atoms with E-state index >= 15 is 0 Å². The molecule has 0 saturated heterocycles. The average molecular weight is 194 g/mol. The number of rotatable bonds is 6. The van der Waals surface area contributed by atoms with E-state index in [-0.39, 0.29) is 0 Å². The van der Waals surface area contributed by atoms with Crippen LogP contribution in [0.25, 0.3) is 0 Å². The summed E-state index contributed by atoms with van der Waals surface area (Å²) >= 11 is 0. The van der Waals surface area contributed by atoms with Crippen LogP contribution in [0.4, 0.5) is 5.69 Å². The molecule has 76 valence electrons. The van der Waals surface area contributed by atoms with Crippen LogP contribution in [0.5, 0.6) is 0 Å². The lowest BCUT2D eigenvalue weighted by atomic mass is 10.3. The summed E-state index contributed by atoms with van der Waals surface area (Å²) < 4.78 is 0. The van der Waals surface area contributed by atoms with Gasteiger partial charge in [-0.3, -0.25) is 0 Å². The molecule has 1 rings (SSSR count). The lowest BCUT2D eigenvalue weighted by molar-refractivity contribution is 0.146. The number of para-hydroxylation sites is 1. The molecule has 1 aromatic carbocycles. The summed E-state index contributed by atoms with van der Waals surface area (Å²) in [5.74, 6) is 0. The van der Waals surface area contributed by atoms with Gasteiger partial charge in [-0.2, -0.15) is 0 Å². The number of likely N-dealkylation sites (N-methyl/N-ethyl adjacent to an activating group) is 1. The highest BCUT2D eigenvalue weighted by molar-refractivity contribution is 5.45. The largest absolute Gasteiger partial charge is 0.368 e. The number of anilines is 1. The van der Waals surface area contributed by atoms with E-state index in [4.69, 9.17) is 0 Å². The first kappa shape index (κ1) is 10.5. The fraction of sp³-hybridized carbons (Fsp3) is 0.400. The minimum Gasteiger partial charge on any atom is -0.368 e. The zero-order valence-corrected chi connectivity index (χ0v) is 8.22. The van der Waals surface area contributed by atoms with Crippen molar-refractivity contribution in [1.82, 2.24) is 0 Å². The van der Waals surface area contributed by atoms with Gasteiger partial charge in [0.15, 0.2) is 5.34 Å². The molecule has 0 aliphatic rings. The van der Waals surface area contributed by atoms with Crippen LogP contribution in [-0.2, 0) is 4.84 Å². The highest BCUT2D eigenvalue weighted by atomic mass is 16.7. The van der Waals surface area contributed by atoms with E-state index in [1.165, 1.54) is 0 Å². The maximum Gasteiger partial charge on any atom is 0.155 e. The van der Waals surface area contributed by atoms with Gasteiger partial charge in [0, 0.05) is 12.2 Å². The smallest absolute Gasteiger partial charge is 0.155 e. The van der Waals surface area contributed by atoms with E-state index in [0.29, 0.717) is 13.2 Å². The molecule has 1 aromatic rings. The standard InChI is InChI=1S/C10H14N2O2/c1-2-12(8-9-14-11-13)10-6-4-3-5-7-10/h3-7H,2,8-9H2,1H3. The lowest BCUT2D eigenvalue weighted by Gasteiger charge is -2.21. The lowest BCUT2D eigenvalue weighted by Crippen LogP contribution is -2.26. The molecule has 0 amide bonds. The molecule has 0 radical (unpaired) electrons. The van der Waals surface area contributed by atoms with Gasteiger partial charge in [0.1, 0.15) is 6.61 Å². The van der Waals surface area contributed by atoms with Crippen molar-refractivity contribution in [1.29, 1.82) is 0 Å². The Labute approximate surface area is 83.4 Å². The van der Waals surface area contributed by atoms with Gasteiger partial charge >= 0.3 is 0 Å². The minimum absolute atomic E-state index is 0.326. The second kappa shape index (κ2) is 5.96. The summed E-state index contributed by atoms with van der Waals surface area (Å²) in [6.07, 6.45) is 0. The Hall–Kier alpha value is -1.58. The minimum atomic E-state index is 0.326. The quantitative estimate of drug-likeness (QED) is 0.396. The average Bonchev–Trinajstić information content (AvgIpc) is 2.26. The zero-order chi connectivity index (χ0) is 10.2. The molecule has 0 unspecified atom stereocenters. The van der Waals surface area contributed by atoms with E-state index in [1.807, 2.05) is 30.3 Å². The van der Waals surface area contributed by atoms with E-state index in [2.05, 4.69) is 22.0 Å². The van der Waals surface area contributed by atoms with Gasteiger partial charge in [0.25, 0.3) is 0 Å². The topological polar surface area (TPSA) is 41.9 Å². The van der Waals surface area contributed by atoms with Gasteiger partial charge in [-0.25, -0.2) is 0 Å². The van der Waals surface area contributed by atoms with Gasteiger partial charge in [0.2, 0.25) is 0 Å². The van der Waals surface area contributed by atoms with Crippen LogP contribution in [0.1, 0.15) is 6.92 Å². The first-order valence-electron chi connectivity index (χ1n) is 4.63. The molecule has 0 aromatic heterocycles. The van der Waals surface area contributed by atoms with Gasteiger partial charge in [-0.1, -0.05) is 18.2 Å². The Morgan fingerprint density at radius 1 is 1.36 bits per heavy atom. The Morgan fingerprint density at radius 2 is 2.07 bits per heavy atom. The maximum absolute atomic E-state index is 9.72. The Bertz CT molecular complexity index is 264. The maximum atomic E-state index is 9.72. The third-order valence-corrected chi connectivity index (χ3v) is 2.01. The van der Waals surface area contributed by atoms with E-state index < -0.39 is 0 Å². The van der Waals surface area contributed by atoms with Crippen molar-refractivity contribution in [2.75, 3.05) is 24.6 Å². The van der Waals surface area contributed by atoms with Crippen LogP contribution < -0.4 is 4.90 Å². The van der Waals surface area contributed by atoms with Crippen LogP contribution in [0.15, 0.2) is 35.7 Å². The van der Waals surface area contributed by atoms with Crippen LogP contribution in [0, 0.1) is 4.91 Å². The van der Waals surface area contributed by atoms with Crippen molar-refractivity contribution < 1.29 is 4.84 Å². The number of hydrogen-bond donors (Lipinski definition) is 0. The summed E-state index contributed by atoms with van der Waals surface area (Å²) in [5.41, 5.74) is 1.13. The van der Waals surface area contributed by atoms with E-state index in [0.717, 1.165) is 12.2 Å². The fourth-order valence-corrected chi connectivity index (χ4v) is 1.30. The Morgan fingerprint density at radius 3 is 2.64 bits per heavy atom. The molecule has 0 heterocycles.